The van der Waals surface area contributed by atoms with Gasteiger partial charge in [0.05, 0.1) is 17.9 Å². The van der Waals surface area contributed by atoms with Gasteiger partial charge in [-0.15, -0.1) is 0 Å². The van der Waals surface area contributed by atoms with Crippen LogP contribution in [0.1, 0.15) is 22.5 Å². The summed E-state index contributed by atoms with van der Waals surface area (Å²) in [5.41, 5.74) is 1.34. The number of aromatic nitrogens is 1. The summed E-state index contributed by atoms with van der Waals surface area (Å²) in [6, 6.07) is 3.51. The van der Waals surface area contributed by atoms with Crippen molar-refractivity contribution in [2.45, 2.75) is 12.8 Å². The van der Waals surface area contributed by atoms with Gasteiger partial charge in [0.15, 0.2) is 0 Å². The number of nitrogens with one attached hydrogen (secondary N) is 1. The van der Waals surface area contributed by atoms with Gasteiger partial charge in [0.1, 0.15) is 0 Å². The first-order valence-corrected chi connectivity index (χ1v) is 7.08. The molecule has 6 heteroatoms. The number of amides is 2. The third-order valence-electron chi connectivity index (χ3n) is 3.70. The van der Waals surface area contributed by atoms with Gasteiger partial charge in [-0.2, -0.15) is 0 Å². The van der Waals surface area contributed by atoms with Crippen LogP contribution in [0.25, 0.3) is 0 Å². The fraction of sp³-hybridized carbons (Fsp3) is 0.533. The number of nitrogens with zero attached hydrogens (tertiary/aromatic N) is 2. The van der Waals surface area contributed by atoms with Gasteiger partial charge in [-0.1, -0.05) is 0 Å². The summed E-state index contributed by atoms with van der Waals surface area (Å²) in [6.07, 6.45) is 2.83. The number of pyridine rings is 1. The van der Waals surface area contributed by atoms with Crippen LogP contribution in [0.5, 0.6) is 0 Å². The maximum absolute atomic E-state index is 11.9. The monoisotopic (exact) mass is 291 g/mol. The van der Waals surface area contributed by atoms with Crippen LogP contribution in [0.4, 0.5) is 0 Å². The average molecular weight is 291 g/mol. The van der Waals surface area contributed by atoms with Crippen molar-refractivity contribution in [1.29, 1.82) is 0 Å². The summed E-state index contributed by atoms with van der Waals surface area (Å²) in [7, 11) is 3.23. The van der Waals surface area contributed by atoms with E-state index in [1.54, 1.807) is 32.5 Å². The Kier molecular flexibility index (Phi) is 5.27. The van der Waals surface area contributed by atoms with Gasteiger partial charge < -0.3 is 15.0 Å². The lowest BCUT2D eigenvalue weighted by Crippen LogP contribution is -2.29. The zero-order chi connectivity index (χ0) is 15.2. The molecule has 0 bridgehead atoms. The Labute approximate surface area is 124 Å². The lowest BCUT2D eigenvalue weighted by molar-refractivity contribution is -0.128. The molecule has 6 nitrogen and oxygen atoms in total. The predicted octanol–water partition coefficient (Wildman–Crippen LogP) is 0.479. The molecule has 2 heterocycles. The van der Waals surface area contributed by atoms with Crippen LogP contribution in [-0.4, -0.2) is 55.6 Å². The molecule has 1 aromatic rings. The van der Waals surface area contributed by atoms with E-state index in [2.05, 4.69) is 10.3 Å². The molecule has 1 fully saturated rings. The largest absolute Gasteiger partial charge is 0.383 e. The number of carbonyl (C=O) groups is 2. The lowest BCUT2D eigenvalue weighted by Gasteiger charge is -2.16. The minimum absolute atomic E-state index is 0.140. The third-order valence-corrected chi connectivity index (χ3v) is 3.70. The van der Waals surface area contributed by atoms with Crippen LogP contribution < -0.4 is 5.32 Å². The van der Waals surface area contributed by atoms with Crippen LogP contribution in [0.15, 0.2) is 18.3 Å². The second kappa shape index (κ2) is 7.17. The fourth-order valence-corrected chi connectivity index (χ4v) is 2.62. The molecule has 114 valence electrons. The van der Waals surface area contributed by atoms with Gasteiger partial charge >= 0.3 is 0 Å². The minimum Gasteiger partial charge on any atom is -0.383 e. The van der Waals surface area contributed by atoms with Crippen LogP contribution in [0.2, 0.25) is 0 Å². The highest BCUT2D eigenvalue weighted by Crippen LogP contribution is 2.22. The molecule has 1 aromatic heterocycles. The summed E-state index contributed by atoms with van der Waals surface area (Å²) >= 11 is 0. The lowest BCUT2D eigenvalue weighted by atomic mass is 9.99. The van der Waals surface area contributed by atoms with Crippen molar-refractivity contribution < 1.29 is 14.3 Å². The molecule has 0 radical (unpaired) electrons. The van der Waals surface area contributed by atoms with Gasteiger partial charge in [0, 0.05) is 39.9 Å². The molecule has 0 aromatic carbocycles. The van der Waals surface area contributed by atoms with E-state index in [0.717, 1.165) is 5.69 Å². The van der Waals surface area contributed by atoms with Crippen molar-refractivity contribution in [2.24, 2.45) is 5.92 Å². The van der Waals surface area contributed by atoms with Gasteiger partial charge in [-0.05, 0) is 24.5 Å². The molecule has 1 aliphatic heterocycles. The van der Waals surface area contributed by atoms with E-state index >= 15 is 0 Å². The molecule has 0 aliphatic carbocycles. The standard InChI is InChI=1S/C15H21N3O3/c1-16-15(20)12-4-3-5-17-13(12)8-11-9-14(19)18(10-11)6-7-21-2/h3-5,11H,6-10H2,1-2H3,(H,16,20)/t11-/m0/s1. The topological polar surface area (TPSA) is 71.5 Å². The molecule has 0 saturated carbocycles. The van der Waals surface area contributed by atoms with Crippen LogP contribution in [-0.2, 0) is 16.0 Å². The fourth-order valence-electron chi connectivity index (χ4n) is 2.62. The molecule has 1 saturated heterocycles. The summed E-state index contributed by atoms with van der Waals surface area (Å²) in [6.45, 7) is 1.87. The highest BCUT2D eigenvalue weighted by Gasteiger charge is 2.30. The summed E-state index contributed by atoms with van der Waals surface area (Å²) in [5.74, 6) is 0.209. The van der Waals surface area contributed by atoms with Crippen molar-refractivity contribution >= 4 is 11.8 Å². The highest BCUT2D eigenvalue weighted by atomic mass is 16.5. The Morgan fingerprint density at radius 2 is 2.38 bits per heavy atom. The second-order valence-electron chi connectivity index (χ2n) is 5.18. The van der Waals surface area contributed by atoms with Gasteiger partial charge in [0.25, 0.3) is 5.91 Å². The zero-order valence-corrected chi connectivity index (χ0v) is 12.5. The summed E-state index contributed by atoms with van der Waals surface area (Å²) < 4.78 is 5.01. The van der Waals surface area contributed by atoms with E-state index in [-0.39, 0.29) is 17.7 Å². The number of methoxy groups -OCH3 is 1. The van der Waals surface area contributed by atoms with Crippen molar-refractivity contribution in [3.63, 3.8) is 0 Å². The Hall–Kier alpha value is -1.95. The van der Waals surface area contributed by atoms with Crippen molar-refractivity contribution in [1.82, 2.24) is 15.2 Å². The maximum Gasteiger partial charge on any atom is 0.252 e. The molecule has 2 rings (SSSR count). The van der Waals surface area contributed by atoms with Crippen LogP contribution in [0, 0.1) is 5.92 Å². The molecule has 0 spiro atoms. The van der Waals surface area contributed by atoms with Crippen molar-refractivity contribution in [3.8, 4) is 0 Å². The molecule has 1 atom stereocenters. The first kappa shape index (κ1) is 15.4. The first-order valence-electron chi connectivity index (χ1n) is 7.08. The van der Waals surface area contributed by atoms with Gasteiger partial charge in [-0.3, -0.25) is 14.6 Å². The van der Waals surface area contributed by atoms with E-state index in [1.807, 2.05) is 4.90 Å². The summed E-state index contributed by atoms with van der Waals surface area (Å²) in [5, 5.41) is 2.62. The SMILES string of the molecule is CNC(=O)c1cccnc1C[C@H]1CC(=O)N(CCOC)C1. The molecule has 0 unspecified atom stereocenters. The normalized spacial score (nSPS) is 18.1. The number of rotatable bonds is 6. The number of ether oxygens (including phenoxy) is 1. The van der Waals surface area contributed by atoms with Crippen LogP contribution >= 0.6 is 0 Å². The highest BCUT2D eigenvalue weighted by molar-refractivity contribution is 5.95. The Morgan fingerprint density at radius 3 is 3.10 bits per heavy atom. The van der Waals surface area contributed by atoms with E-state index in [4.69, 9.17) is 4.74 Å². The number of hydrogen-bond acceptors (Lipinski definition) is 4. The minimum atomic E-state index is -0.140. The molecule has 1 N–H and O–H groups in total. The van der Waals surface area contributed by atoms with Crippen molar-refractivity contribution in [3.05, 3.63) is 29.6 Å². The zero-order valence-electron chi connectivity index (χ0n) is 12.5. The number of hydrogen-bond donors (Lipinski definition) is 1. The Balaban J connectivity index is 2.03. The molecule has 21 heavy (non-hydrogen) atoms. The molecular weight excluding hydrogens is 270 g/mol. The first-order chi connectivity index (χ1) is 10.2. The van der Waals surface area contributed by atoms with Crippen LogP contribution in [0.3, 0.4) is 0 Å². The van der Waals surface area contributed by atoms with Gasteiger partial charge in [0.2, 0.25) is 5.91 Å². The van der Waals surface area contributed by atoms with E-state index in [1.165, 1.54) is 0 Å². The Bertz CT molecular complexity index is 519. The van der Waals surface area contributed by atoms with E-state index in [0.29, 0.717) is 38.1 Å². The van der Waals surface area contributed by atoms with E-state index in [9.17, 15) is 9.59 Å². The maximum atomic E-state index is 11.9. The third kappa shape index (κ3) is 3.78. The average Bonchev–Trinajstić information content (AvgIpc) is 2.84. The molecule has 1 aliphatic rings. The summed E-state index contributed by atoms with van der Waals surface area (Å²) in [4.78, 5) is 29.9. The molecule has 2 amide bonds. The Morgan fingerprint density at radius 1 is 1.57 bits per heavy atom. The molecular formula is C15H21N3O3. The smallest absolute Gasteiger partial charge is 0.252 e. The van der Waals surface area contributed by atoms with Gasteiger partial charge in [-0.25, -0.2) is 0 Å². The number of likely N-dealkylation sites (tertiary alicyclic amines) is 1. The van der Waals surface area contributed by atoms with Crippen molar-refractivity contribution in [2.75, 3.05) is 33.9 Å². The predicted molar refractivity (Wildman–Crippen MR) is 77.9 cm³/mol. The van der Waals surface area contributed by atoms with E-state index < -0.39 is 0 Å². The second-order valence-corrected chi connectivity index (χ2v) is 5.18. The number of carbonyl (C=O) groups excluding carboxylic acids is 2. The quantitative estimate of drug-likeness (QED) is 0.827.